The van der Waals surface area contributed by atoms with Gasteiger partial charge in [-0.3, -0.25) is 4.79 Å². The van der Waals surface area contributed by atoms with Crippen LogP contribution >= 0.6 is 0 Å². The Morgan fingerprint density at radius 3 is 2.21 bits per heavy atom. The van der Waals surface area contributed by atoms with E-state index in [4.69, 9.17) is 0 Å². The van der Waals surface area contributed by atoms with Gasteiger partial charge in [0.15, 0.2) is 0 Å². The van der Waals surface area contributed by atoms with Gasteiger partial charge in [0.1, 0.15) is 0 Å². The minimum atomic E-state index is 0.157. The number of para-hydroxylation sites is 1. The predicted molar refractivity (Wildman–Crippen MR) is 97.9 cm³/mol. The number of hydrogen-bond donors (Lipinski definition) is 1. The van der Waals surface area contributed by atoms with E-state index in [1.165, 1.54) is 38.5 Å². The van der Waals surface area contributed by atoms with Crippen LogP contribution in [0.4, 0.5) is 5.69 Å². The van der Waals surface area contributed by atoms with Gasteiger partial charge in [-0.05, 0) is 80.8 Å². The minimum Gasteiger partial charge on any atom is -0.365 e. The summed E-state index contributed by atoms with van der Waals surface area (Å²) in [5.74, 6) is 2.96. The molecule has 1 amide bonds. The molecule has 4 aliphatic rings. The van der Waals surface area contributed by atoms with Crippen LogP contribution in [0.5, 0.6) is 0 Å². The highest BCUT2D eigenvalue weighted by molar-refractivity contribution is 5.81. The van der Waals surface area contributed by atoms with E-state index in [0.717, 1.165) is 23.4 Å². The molecular formula is C21H30N2O. The third-order valence-corrected chi connectivity index (χ3v) is 6.96. The van der Waals surface area contributed by atoms with Crippen LogP contribution in [0, 0.1) is 23.2 Å². The second kappa shape index (κ2) is 6.09. The summed E-state index contributed by atoms with van der Waals surface area (Å²) in [6.07, 6.45) is 8.39. The van der Waals surface area contributed by atoms with Gasteiger partial charge in [-0.2, -0.15) is 0 Å². The van der Waals surface area contributed by atoms with Crippen molar-refractivity contribution in [3.8, 4) is 0 Å². The quantitative estimate of drug-likeness (QED) is 0.891. The van der Waals surface area contributed by atoms with Gasteiger partial charge in [0.25, 0.3) is 0 Å². The maximum atomic E-state index is 12.6. The first-order valence-corrected chi connectivity index (χ1v) is 9.60. The number of nitrogens with one attached hydrogen (secondary N) is 1. The molecule has 3 nitrogen and oxygen atoms in total. The maximum absolute atomic E-state index is 12.6. The molecule has 4 aliphatic carbocycles. The van der Waals surface area contributed by atoms with E-state index in [9.17, 15) is 4.79 Å². The summed E-state index contributed by atoms with van der Waals surface area (Å²) in [6, 6.07) is 10.4. The first-order valence-electron chi connectivity index (χ1n) is 9.60. The third-order valence-electron chi connectivity index (χ3n) is 6.96. The topological polar surface area (TPSA) is 32.3 Å². The van der Waals surface area contributed by atoms with E-state index in [1.54, 1.807) is 0 Å². The molecule has 0 heterocycles. The molecule has 1 N–H and O–H groups in total. The SMILES string of the molecule is C[C@H](NC(=O)CN(C)c1ccccc1)C12CC3CC(CC(C3)C1)C2. The van der Waals surface area contributed by atoms with Gasteiger partial charge >= 0.3 is 0 Å². The summed E-state index contributed by atoms with van der Waals surface area (Å²) in [4.78, 5) is 14.6. The summed E-state index contributed by atoms with van der Waals surface area (Å²) in [5, 5.41) is 3.36. The number of nitrogens with zero attached hydrogens (tertiary/aromatic N) is 1. The van der Waals surface area contributed by atoms with Gasteiger partial charge in [0.05, 0.1) is 6.54 Å². The Kier molecular flexibility index (Phi) is 4.06. The molecule has 4 fully saturated rings. The molecule has 1 aromatic carbocycles. The lowest BCUT2D eigenvalue weighted by Crippen LogP contribution is -2.56. The summed E-state index contributed by atoms with van der Waals surface area (Å²) in [7, 11) is 1.99. The lowest BCUT2D eigenvalue weighted by Gasteiger charge is -2.59. The molecule has 0 saturated heterocycles. The Balaban J connectivity index is 1.37. The van der Waals surface area contributed by atoms with Gasteiger partial charge in [-0.1, -0.05) is 18.2 Å². The summed E-state index contributed by atoms with van der Waals surface area (Å²) >= 11 is 0. The zero-order valence-electron chi connectivity index (χ0n) is 15.0. The highest BCUT2D eigenvalue weighted by Gasteiger charge is 2.53. The molecule has 4 saturated carbocycles. The molecule has 5 rings (SSSR count). The van der Waals surface area contributed by atoms with E-state index in [0.29, 0.717) is 18.0 Å². The van der Waals surface area contributed by atoms with E-state index < -0.39 is 0 Å². The second-order valence-electron chi connectivity index (χ2n) is 8.76. The van der Waals surface area contributed by atoms with E-state index in [1.807, 2.05) is 30.1 Å². The van der Waals surface area contributed by atoms with Crippen molar-refractivity contribution in [2.45, 2.75) is 51.5 Å². The number of anilines is 1. The largest absolute Gasteiger partial charge is 0.365 e. The monoisotopic (exact) mass is 326 g/mol. The molecule has 130 valence electrons. The fourth-order valence-electron chi connectivity index (χ4n) is 6.14. The van der Waals surface area contributed by atoms with Crippen molar-refractivity contribution in [2.24, 2.45) is 23.2 Å². The number of hydrogen-bond acceptors (Lipinski definition) is 2. The average molecular weight is 326 g/mol. The number of carbonyl (C=O) groups is 1. The normalized spacial score (nSPS) is 34.8. The number of rotatable bonds is 5. The van der Waals surface area contributed by atoms with Gasteiger partial charge in [0, 0.05) is 18.8 Å². The van der Waals surface area contributed by atoms with Crippen molar-refractivity contribution < 1.29 is 4.79 Å². The molecule has 0 spiro atoms. The molecule has 3 heteroatoms. The Morgan fingerprint density at radius 1 is 1.12 bits per heavy atom. The highest BCUT2D eigenvalue weighted by Crippen LogP contribution is 2.61. The highest BCUT2D eigenvalue weighted by atomic mass is 16.2. The Bertz CT molecular complexity index is 562. The first-order chi connectivity index (χ1) is 11.5. The second-order valence-corrected chi connectivity index (χ2v) is 8.76. The van der Waals surface area contributed by atoms with Crippen LogP contribution in [0.2, 0.25) is 0 Å². The molecule has 0 aliphatic heterocycles. The molecule has 24 heavy (non-hydrogen) atoms. The number of carbonyl (C=O) groups excluding carboxylic acids is 1. The molecule has 0 aromatic heterocycles. The lowest BCUT2D eigenvalue weighted by atomic mass is 9.48. The van der Waals surface area contributed by atoms with E-state index in [2.05, 4.69) is 24.4 Å². The van der Waals surface area contributed by atoms with Crippen molar-refractivity contribution in [3.63, 3.8) is 0 Å². The van der Waals surface area contributed by atoms with Crippen LogP contribution in [0.25, 0.3) is 0 Å². The summed E-state index contributed by atoms with van der Waals surface area (Å²) < 4.78 is 0. The molecule has 1 aromatic rings. The average Bonchev–Trinajstić information content (AvgIpc) is 2.54. The zero-order valence-corrected chi connectivity index (χ0v) is 15.0. The molecule has 0 unspecified atom stereocenters. The van der Waals surface area contributed by atoms with Crippen molar-refractivity contribution in [2.75, 3.05) is 18.5 Å². The van der Waals surface area contributed by atoms with Gasteiger partial charge < -0.3 is 10.2 Å². The molecular weight excluding hydrogens is 296 g/mol. The first kappa shape index (κ1) is 16.0. The Morgan fingerprint density at radius 2 is 1.67 bits per heavy atom. The van der Waals surface area contributed by atoms with Crippen molar-refractivity contribution in [3.05, 3.63) is 30.3 Å². The number of benzene rings is 1. The standard InChI is InChI=1S/C21H30N2O/c1-15(21-11-16-8-17(12-21)10-18(9-16)13-21)22-20(24)14-23(2)19-6-4-3-5-7-19/h3-7,15-18H,8-14H2,1-2H3,(H,22,24)/t15-,16?,17?,18?,21?/m0/s1. The van der Waals surface area contributed by atoms with E-state index >= 15 is 0 Å². The van der Waals surface area contributed by atoms with Crippen LogP contribution in [0.15, 0.2) is 30.3 Å². The van der Waals surface area contributed by atoms with Crippen molar-refractivity contribution >= 4 is 11.6 Å². The van der Waals surface area contributed by atoms with Crippen LogP contribution in [0.3, 0.4) is 0 Å². The van der Waals surface area contributed by atoms with Crippen LogP contribution in [0.1, 0.15) is 45.4 Å². The van der Waals surface area contributed by atoms with Gasteiger partial charge in [0.2, 0.25) is 5.91 Å². The fraction of sp³-hybridized carbons (Fsp3) is 0.667. The smallest absolute Gasteiger partial charge is 0.239 e. The number of amides is 1. The van der Waals surface area contributed by atoms with Crippen molar-refractivity contribution in [1.82, 2.24) is 5.32 Å². The van der Waals surface area contributed by atoms with Crippen molar-refractivity contribution in [1.29, 1.82) is 0 Å². The summed E-state index contributed by atoms with van der Waals surface area (Å²) in [6.45, 7) is 2.69. The lowest BCUT2D eigenvalue weighted by molar-refractivity contribution is -0.124. The predicted octanol–water partition coefficient (Wildman–Crippen LogP) is 3.84. The van der Waals surface area contributed by atoms with Gasteiger partial charge in [-0.15, -0.1) is 0 Å². The molecule has 0 radical (unpaired) electrons. The third kappa shape index (κ3) is 2.94. The van der Waals surface area contributed by atoms with Crippen LogP contribution < -0.4 is 10.2 Å². The summed E-state index contributed by atoms with van der Waals surface area (Å²) in [5.41, 5.74) is 1.48. The molecule has 4 bridgehead atoms. The van der Waals surface area contributed by atoms with E-state index in [-0.39, 0.29) is 5.91 Å². The van der Waals surface area contributed by atoms with Crippen LogP contribution in [-0.2, 0) is 4.79 Å². The fourth-order valence-corrected chi connectivity index (χ4v) is 6.14. The number of likely N-dealkylation sites (N-methyl/N-ethyl adjacent to an activating group) is 1. The Labute approximate surface area is 145 Å². The maximum Gasteiger partial charge on any atom is 0.239 e. The van der Waals surface area contributed by atoms with Gasteiger partial charge in [-0.25, -0.2) is 0 Å². The molecule has 1 atom stereocenters. The van der Waals surface area contributed by atoms with Crippen LogP contribution in [-0.4, -0.2) is 25.5 Å². The Hall–Kier alpha value is -1.51. The zero-order chi connectivity index (χ0) is 16.7. The minimum absolute atomic E-state index is 0.157.